The maximum absolute atomic E-state index is 8.77. The Morgan fingerprint density at radius 1 is 1.78 bits per heavy atom. The summed E-state index contributed by atoms with van der Waals surface area (Å²) in [4.78, 5) is 1.81. The number of hydrogen-bond acceptors (Lipinski definition) is 3. The number of aliphatic hydroxyl groups excluding tert-OH is 1. The molecule has 0 saturated carbocycles. The van der Waals surface area contributed by atoms with E-state index in [-0.39, 0.29) is 12.4 Å². The number of aliphatic hydroxyl groups is 2. The lowest BCUT2D eigenvalue weighted by Crippen LogP contribution is -2.35. The van der Waals surface area contributed by atoms with Crippen molar-refractivity contribution < 1.29 is 11.6 Å². The molecular weight excluding hydrogens is 118 g/mol. The van der Waals surface area contributed by atoms with Gasteiger partial charge < -0.3 is 10.2 Å². The minimum Gasteiger partial charge on any atom is -0.367 e. The van der Waals surface area contributed by atoms with Crippen molar-refractivity contribution in [3.8, 4) is 0 Å². The molecule has 0 aromatic rings. The lowest BCUT2D eigenvalue weighted by Gasteiger charge is -2.20. The Balaban J connectivity index is 2.46. The van der Waals surface area contributed by atoms with Gasteiger partial charge >= 0.3 is 0 Å². The number of hydrogen-bond donors (Lipinski definition) is 2. The van der Waals surface area contributed by atoms with E-state index in [1.807, 2.05) is 4.90 Å². The Morgan fingerprint density at radius 3 is 2.67 bits per heavy atom. The summed E-state index contributed by atoms with van der Waals surface area (Å²) < 4.78 is 7.32. The topological polar surface area (TPSA) is 43.7 Å². The molecule has 0 aliphatic carbocycles. The summed E-state index contributed by atoms with van der Waals surface area (Å²) in [5.41, 5.74) is 0. The lowest BCUT2D eigenvalue weighted by atomic mass is 10.2. The molecule has 54 valence electrons. The van der Waals surface area contributed by atoms with Gasteiger partial charge in [-0.3, -0.25) is 4.90 Å². The molecule has 2 unspecified atom stereocenters. The molecule has 1 saturated heterocycles. The van der Waals surface area contributed by atoms with E-state index in [1.165, 1.54) is 0 Å². The van der Waals surface area contributed by atoms with Crippen LogP contribution in [0.15, 0.2) is 0 Å². The highest BCUT2D eigenvalue weighted by molar-refractivity contribution is 4.77. The Hall–Kier alpha value is -0.120. The lowest BCUT2D eigenvalue weighted by molar-refractivity contribution is -0.0858. The largest absolute Gasteiger partial charge is 0.367 e. The first-order chi connectivity index (χ1) is 4.61. The third kappa shape index (κ3) is 1.41. The molecule has 0 amide bonds. The molecule has 2 N–H and O–H groups in total. The number of likely N-dealkylation sites (N-methyl/N-ethyl adjacent to an activating group) is 1. The summed E-state index contributed by atoms with van der Waals surface area (Å²) in [5.74, 6) is 0. The fraction of sp³-hybridized carbons (Fsp3) is 1.00. The first-order valence-electron chi connectivity index (χ1n) is 3.67. The van der Waals surface area contributed by atoms with E-state index in [2.05, 4.69) is 0 Å². The SMILES string of the molecule is [3H]C1CC(C(O)O)N(C)C1. The van der Waals surface area contributed by atoms with Gasteiger partial charge in [-0.15, -0.1) is 0 Å². The second-order valence-corrected chi connectivity index (χ2v) is 2.44. The minimum atomic E-state index is -1.29. The van der Waals surface area contributed by atoms with Gasteiger partial charge in [-0.2, -0.15) is 0 Å². The normalized spacial score (nSPS) is 39.8. The first-order valence-corrected chi connectivity index (χ1v) is 3.10. The van der Waals surface area contributed by atoms with Crippen LogP contribution in [0.1, 0.15) is 14.2 Å². The zero-order chi connectivity index (χ0) is 7.72. The summed E-state index contributed by atoms with van der Waals surface area (Å²) in [6.07, 6.45) is -0.883. The summed E-state index contributed by atoms with van der Waals surface area (Å²) in [5, 5.41) is 17.5. The molecule has 1 rings (SSSR count). The van der Waals surface area contributed by atoms with E-state index >= 15 is 0 Å². The van der Waals surface area contributed by atoms with Gasteiger partial charge in [0.15, 0.2) is 6.29 Å². The molecular formula is C6H13NO2. The first kappa shape index (κ1) is 5.65. The molecule has 1 aliphatic rings. The zero-order valence-corrected chi connectivity index (χ0v) is 5.49. The van der Waals surface area contributed by atoms with Crippen LogP contribution in [0.5, 0.6) is 0 Å². The van der Waals surface area contributed by atoms with Gasteiger partial charge in [0.25, 0.3) is 0 Å². The van der Waals surface area contributed by atoms with Crippen molar-refractivity contribution in [2.45, 2.75) is 25.1 Å². The Bertz CT molecular complexity index is 120. The van der Waals surface area contributed by atoms with Crippen LogP contribution in [0.25, 0.3) is 0 Å². The van der Waals surface area contributed by atoms with Crippen molar-refractivity contribution in [1.82, 2.24) is 4.90 Å². The molecule has 3 nitrogen and oxygen atoms in total. The fourth-order valence-corrected chi connectivity index (χ4v) is 1.11. The zero-order valence-electron chi connectivity index (χ0n) is 6.49. The molecule has 0 spiro atoms. The van der Waals surface area contributed by atoms with Crippen molar-refractivity contribution in [2.75, 3.05) is 13.6 Å². The van der Waals surface area contributed by atoms with Crippen LogP contribution in [0, 0.1) is 0 Å². The van der Waals surface area contributed by atoms with Crippen LogP contribution in [0.4, 0.5) is 0 Å². The van der Waals surface area contributed by atoms with Gasteiger partial charge in [-0.25, -0.2) is 0 Å². The van der Waals surface area contributed by atoms with Gasteiger partial charge in [0.2, 0.25) is 0 Å². The third-order valence-electron chi connectivity index (χ3n) is 1.74. The smallest absolute Gasteiger partial charge is 0.167 e. The third-order valence-corrected chi connectivity index (χ3v) is 1.74. The maximum Gasteiger partial charge on any atom is 0.167 e. The molecule has 2 atom stereocenters. The van der Waals surface area contributed by atoms with Crippen LogP contribution >= 0.6 is 0 Å². The molecule has 1 aliphatic heterocycles. The Morgan fingerprint density at radius 2 is 2.44 bits per heavy atom. The molecule has 0 bridgehead atoms. The van der Waals surface area contributed by atoms with Gasteiger partial charge in [-0.1, -0.05) is 0 Å². The van der Waals surface area contributed by atoms with Crippen LogP contribution in [-0.4, -0.2) is 41.0 Å². The molecule has 0 aromatic heterocycles. The van der Waals surface area contributed by atoms with E-state index < -0.39 is 6.29 Å². The monoisotopic (exact) mass is 133 g/mol. The predicted octanol–water partition coefficient (Wildman–Crippen LogP) is -0.609. The molecule has 1 fully saturated rings. The van der Waals surface area contributed by atoms with Crippen molar-refractivity contribution in [3.05, 3.63) is 0 Å². The summed E-state index contributed by atoms with van der Waals surface area (Å²) in [7, 11) is 1.80. The summed E-state index contributed by atoms with van der Waals surface area (Å²) in [6.45, 7) is 0.641. The Kier molecular flexibility index (Phi) is 1.66. The van der Waals surface area contributed by atoms with Crippen LogP contribution < -0.4 is 0 Å². The van der Waals surface area contributed by atoms with Crippen molar-refractivity contribution in [3.63, 3.8) is 0 Å². The second kappa shape index (κ2) is 2.64. The average molecular weight is 133 g/mol. The van der Waals surface area contributed by atoms with Gasteiger partial charge in [0.05, 0.1) is 6.04 Å². The van der Waals surface area contributed by atoms with E-state index in [1.54, 1.807) is 7.05 Å². The highest BCUT2D eigenvalue weighted by Gasteiger charge is 2.25. The predicted molar refractivity (Wildman–Crippen MR) is 33.9 cm³/mol. The molecule has 0 radical (unpaired) electrons. The van der Waals surface area contributed by atoms with E-state index in [0.717, 1.165) is 0 Å². The maximum atomic E-state index is 8.77. The number of nitrogens with zero attached hydrogens (tertiary/aromatic N) is 1. The second-order valence-electron chi connectivity index (χ2n) is 2.44. The van der Waals surface area contributed by atoms with Gasteiger partial charge in [0, 0.05) is 1.37 Å². The molecule has 1 heterocycles. The van der Waals surface area contributed by atoms with Gasteiger partial charge in [-0.05, 0) is 26.4 Å². The minimum absolute atomic E-state index is 0.156. The van der Waals surface area contributed by atoms with Crippen LogP contribution in [0.3, 0.4) is 0 Å². The van der Waals surface area contributed by atoms with Crippen molar-refractivity contribution in [1.29, 1.82) is 0 Å². The number of likely N-dealkylation sites (tertiary alicyclic amines) is 1. The fourth-order valence-electron chi connectivity index (χ4n) is 1.11. The average Bonchev–Trinajstić information content (AvgIpc) is 2.10. The van der Waals surface area contributed by atoms with Crippen LogP contribution in [0.2, 0.25) is 0 Å². The van der Waals surface area contributed by atoms with Crippen LogP contribution in [-0.2, 0) is 0 Å². The van der Waals surface area contributed by atoms with Gasteiger partial charge in [0.1, 0.15) is 0 Å². The summed E-state index contributed by atoms with van der Waals surface area (Å²) >= 11 is 0. The quantitative estimate of drug-likeness (QED) is 0.469. The van der Waals surface area contributed by atoms with E-state index in [0.29, 0.717) is 13.0 Å². The summed E-state index contributed by atoms with van der Waals surface area (Å²) in [6, 6.07) is -0.234. The standard InChI is InChI=1S/C6H13NO2/c1-7-4-2-3-5(7)6(8)9/h5-6,8-9H,2-4H2,1H3/i2T. The van der Waals surface area contributed by atoms with Crippen molar-refractivity contribution in [2.24, 2.45) is 0 Å². The highest BCUT2D eigenvalue weighted by atomic mass is 16.5. The number of rotatable bonds is 1. The van der Waals surface area contributed by atoms with E-state index in [9.17, 15) is 0 Å². The molecule has 0 aromatic carbocycles. The Labute approximate surface area is 56.3 Å². The molecule has 3 heteroatoms. The molecule has 9 heavy (non-hydrogen) atoms. The van der Waals surface area contributed by atoms with Crippen molar-refractivity contribution >= 4 is 0 Å². The van der Waals surface area contributed by atoms with E-state index in [4.69, 9.17) is 11.6 Å². The highest BCUT2D eigenvalue weighted by Crippen LogP contribution is 2.16.